The first-order valence-electron chi connectivity index (χ1n) is 27.0. The van der Waals surface area contributed by atoms with Gasteiger partial charge in [-0.15, -0.1) is 0 Å². The van der Waals surface area contributed by atoms with Gasteiger partial charge in [0.25, 0.3) is 0 Å². The van der Waals surface area contributed by atoms with Gasteiger partial charge >= 0.3 is 0 Å². The Morgan fingerprint density at radius 3 is 0.719 bits per heavy atom. The summed E-state index contributed by atoms with van der Waals surface area (Å²) in [6, 6.07) is 0. The van der Waals surface area contributed by atoms with Crippen molar-refractivity contribution in [1.82, 2.24) is 0 Å². The van der Waals surface area contributed by atoms with E-state index in [9.17, 15) is 10.2 Å². The number of hydrogen-bond acceptors (Lipinski definition) is 3. The molecule has 0 aromatic heterocycles. The van der Waals surface area contributed by atoms with Crippen molar-refractivity contribution in [2.75, 3.05) is 6.61 Å². The summed E-state index contributed by atoms with van der Waals surface area (Å²) in [5, 5.41) is 23.8. The highest BCUT2D eigenvalue weighted by Gasteiger charge is 2.49. The summed E-state index contributed by atoms with van der Waals surface area (Å²) >= 11 is 0. The number of unbranched alkanes of at least 4 members (excludes halogenated alkanes) is 37. The largest absolute Gasteiger partial charge is 0.391 e. The van der Waals surface area contributed by atoms with Crippen LogP contribution in [0.2, 0.25) is 0 Å². The molecule has 2 atom stereocenters. The maximum atomic E-state index is 13.2. The molecule has 3 heteroatoms. The van der Waals surface area contributed by atoms with Crippen molar-refractivity contribution in [2.45, 2.75) is 341 Å². The summed E-state index contributed by atoms with van der Waals surface area (Å²) < 4.78 is 7.02. The third kappa shape index (κ3) is 35.2. The van der Waals surface area contributed by atoms with Crippen LogP contribution in [0.4, 0.5) is 0 Å². The normalized spacial score (nSPS) is 13.7. The van der Waals surface area contributed by atoms with E-state index >= 15 is 0 Å². The first kappa shape index (κ1) is 56.9. The number of ether oxygens (including phenoxy) is 1. The lowest BCUT2D eigenvalue weighted by Crippen LogP contribution is -2.57. The Hall–Kier alpha value is -0.120. The lowest BCUT2D eigenvalue weighted by molar-refractivity contribution is -0.210. The SMILES string of the molecule is CCCCCCCCCCCCCC(CCCCCCCCCCCC)(OCC(C)O)C(O)(CCCCCCCCCCCC)CCCCCCCCCCCC. The van der Waals surface area contributed by atoms with Crippen LogP contribution in [0.1, 0.15) is 324 Å². The van der Waals surface area contributed by atoms with Crippen LogP contribution in [0.25, 0.3) is 0 Å². The lowest BCUT2D eigenvalue weighted by Gasteiger charge is -2.48. The molecular weight excluding hydrogens is 697 g/mol. The zero-order valence-corrected chi connectivity index (χ0v) is 40.4. The van der Waals surface area contributed by atoms with Crippen molar-refractivity contribution in [1.29, 1.82) is 0 Å². The Morgan fingerprint density at radius 1 is 0.316 bits per heavy atom. The van der Waals surface area contributed by atoms with Crippen molar-refractivity contribution < 1.29 is 14.9 Å². The minimum atomic E-state index is -0.819. The molecule has 0 heterocycles. The van der Waals surface area contributed by atoms with Gasteiger partial charge in [-0.1, -0.05) is 291 Å². The molecule has 0 aliphatic heterocycles. The highest BCUT2D eigenvalue weighted by atomic mass is 16.5. The Labute approximate surface area is 361 Å². The molecule has 0 saturated heterocycles. The molecule has 0 aliphatic rings. The fraction of sp³-hybridized carbons (Fsp3) is 1.00. The molecular formula is C54H110O3. The summed E-state index contributed by atoms with van der Waals surface area (Å²) in [6.07, 6.45) is 57.5. The van der Waals surface area contributed by atoms with Gasteiger partial charge in [0.05, 0.1) is 23.9 Å². The van der Waals surface area contributed by atoms with Crippen molar-refractivity contribution in [3.8, 4) is 0 Å². The molecule has 0 aromatic rings. The zero-order valence-electron chi connectivity index (χ0n) is 40.4. The van der Waals surface area contributed by atoms with Gasteiger partial charge in [0.2, 0.25) is 0 Å². The number of aliphatic hydroxyl groups excluding tert-OH is 1. The van der Waals surface area contributed by atoms with Gasteiger partial charge in [-0.2, -0.15) is 0 Å². The van der Waals surface area contributed by atoms with Crippen molar-refractivity contribution in [2.24, 2.45) is 0 Å². The van der Waals surface area contributed by atoms with E-state index in [1.807, 2.05) is 6.92 Å². The quantitative estimate of drug-likeness (QED) is 0.0602. The van der Waals surface area contributed by atoms with Gasteiger partial charge in [-0.3, -0.25) is 0 Å². The molecule has 0 aliphatic carbocycles. The predicted molar refractivity (Wildman–Crippen MR) is 256 cm³/mol. The number of hydrogen-bond donors (Lipinski definition) is 2. The molecule has 0 fully saturated rings. The summed E-state index contributed by atoms with van der Waals surface area (Å²) in [5.41, 5.74) is -1.37. The van der Waals surface area contributed by atoms with E-state index in [0.717, 1.165) is 51.4 Å². The topological polar surface area (TPSA) is 49.7 Å². The van der Waals surface area contributed by atoms with Gasteiger partial charge < -0.3 is 14.9 Å². The van der Waals surface area contributed by atoms with Gasteiger partial charge in [0.1, 0.15) is 0 Å². The second kappa shape index (κ2) is 44.0. The number of aliphatic hydroxyl groups is 2. The average molecular weight is 807 g/mol. The molecule has 0 aromatic carbocycles. The van der Waals surface area contributed by atoms with Gasteiger partial charge in [-0.25, -0.2) is 0 Å². The molecule has 344 valence electrons. The van der Waals surface area contributed by atoms with Crippen LogP contribution in [-0.4, -0.2) is 34.1 Å². The minimum absolute atomic E-state index is 0.341. The summed E-state index contributed by atoms with van der Waals surface area (Å²) in [5.74, 6) is 0. The molecule has 3 nitrogen and oxygen atoms in total. The number of rotatable bonds is 49. The molecule has 0 radical (unpaired) electrons. The Kier molecular flexibility index (Phi) is 43.9. The van der Waals surface area contributed by atoms with E-state index in [1.54, 1.807) is 0 Å². The molecule has 0 rings (SSSR count). The second-order valence-electron chi connectivity index (χ2n) is 19.3. The van der Waals surface area contributed by atoms with Crippen LogP contribution in [0.5, 0.6) is 0 Å². The van der Waals surface area contributed by atoms with Crippen LogP contribution in [-0.2, 0) is 4.74 Å². The Balaban J connectivity index is 5.68. The molecule has 0 bridgehead atoms. The van der Waals surface area contributed by atoms with Gasteiger partial charge in [0, 0.05) is 0 Å². The van der Waals surface area contributed by atoms with E-state index in [0.29, 0.717) is 6.61 Å². The van der Waals surface area contributed by atoms with E-state index in [-0.39, 0.29) is 0 Å². The van der Waals surface area contributed by atoms with Crippen LogP contribution in [0, 0.1) is 0 Å². The highest BCUT2D eigenvalue weighted by molar-refractivity contribution is 5.01. The summed E-state index contributed by atoms with van der Waals surface area (Å²) in [4.78, 5) is 0. The van der Waals surface area contributed by atoms with E-state index in [1.165, 1.54) is 238 Å². The van der Waals surface area contributed by atoms with E-state index in [4.69, 9.17) is 4.74 Å². The second-order valence-corrected chi connectivity index (χ2v) is 19.3. The monoisotopic (exact) mass is 807 g/mol. The van der Waals surface area contributed by atoms with Crippen LogP contribution in [0.3, 0.4) is 0 Å². The zero-order chi connectivity index (χ0) is 41.8. The maximum absolute atomic E-state index is 13.2. The molecule has 2 N–H and O–H groups in total. The average Bonchev–Trinajstić information content (AvgIpc) is 3.20. The van der Waals surface area contributed by atoms with Gasteiger partial charge in [0.15, 0.2) is 0 Å². The lowest BCUT2D eigenvalue weighted by atomic mass is 9.70. The first-order chi connectivity index (χ1) is 27.9. The third-order valence-corrected chi connectivity index (χ3v) is 13.5. The van der Waals surface area contributed by atoms with E-state index < -0.39 is 17.3 Å². The van der Waals surface area contributed by atoms with Crippen LogP contribution >= 0.6 is 0 Å². The minimum Gasteiger partial charge on any atom is -0.391 e. The summed E-state index contributed by atoms with van der Waals surface area (Å²) in [7, 11) is 0. The first-order valence-corrected chi connectivity index (χ1v) is 27.0. The molecule has 0 saturated carbocycles. The van der Waals surface area contributed by atoms with Crippen molar-refractivity contribution in [3.63, 3.8) is 0 Å². The van der Waals surface area contributed by atoms with Crippen LogP contribution < -0.4 is 0 Å². The fourth-order valence-corrected chi connectivity index (χ4v) is 9.51. The molecule has 0 spiro atoms. The smallest absolute Gasteiger partial charge is 0.0969 e. The third-order valence-electron chi connectivity index (χ3n) is 13.5. The van der Waals surface area contributed by atoms with Crippen molar-refractivity contribution >= 4 is 0 Å². The molecule has 57 heavy (non-hydrogen) atoms. The molecule has 0 amide bonds. The highest BCUT2D eigenvalue weighted by Crippen LogP contribution is 2.44. The fourth-order valence-electron chi connectivity index (χ4n) is 9.51. The Morgan fingerprint density at radius 2 is 0.509 bits per heavy atom. The van der Waals surface area contributed by atoms with Crippen LogP contribution in [0.15, 0.2) is 0 Å². The van der Waals surface area contributed by atoms with Gasteiger partial charge in [-0.05, 0) is 32.6 Å². The Bertz CT molecular complexity index is 727. The molecule has 2 unspecified atom stereocenters. The maximum Gasteiger partial charge on any atom is 0.0969 e. The van der Waals surface area contributed by atoms with Crippen molar-refractivity contribution in [3.05, 3.63) is 0 Å². The standard InChI is InChI=1S/C54H110O3/c1-6-10-14-18-22-26-30-34-38-42-46-50-54(57-51-52(5)55,49-45-41-37-33-29-25-21-17-13-9-4)53(56,47-43-39-35-31-27-23-19-15-11-7-2)48-44-40-36-32-28-24-20-16-12-8-3/h52,55-56H,6-51H2,1-5H3. The summed E-state index contributed by atoms with van der Waals surface area (Å²) in [6.45, 7) is 11.4. The van der Waals surface area contributed by atoms with E-state index in [2.05, 4.69) is 27.7 Å². The predicted octanol–water partition coefficient (Wildman–Crippen LogP) is 18.5.